The van der Waals surface area contributed by atoms with Crippen molar-refractivity contribution in [1.82, 2.24) is 0 Å². The normalized spacial score (nSPS) is 22.8. The first-order chi connectivity index (χ1) is 15.8. The molecule has 0 amide bonds. The standard InChI is InChI=1S/C27H36O6/c1-6-31-26(28)22-13-17(12-11-16(2)3)24-21(32-22)15-20-19(25(24)30-5)14-23(33-20)27(4,29)18-9-7-8-10-18/h12-13,15-16,18,23,29H,6-11,14H2,1-5H3. The van der Waals surface area contributed by atoms with Crippen LogP contribution < -0.4 is 14.2 Å². The summed E-state index contributed by atoms with van der Waals surface area (Å²) in [4.78, 5) is 12.5. The van der Waals surface area contributed by atoms with Crippen LogP contribution in [0, 0.1) is 11.8 Å². The van der Waals surface area contributed by atoms with Gasteiger partial charge in [0.2, 0.25) is 5.76 Å². The van der Waals surface area contributed by atoms with Crippen molar-refractivity contribution in [3.05, 3.63) is 35.1 Å². The Kier molecular flexibility index (Phi) is 6.76. The predicted molar refractivity (Wildman–Crippen MR) is 126 cm³/mol. The van der Waals surface area contributed by atoms with Crippen molar-refractivity contribution in [2.45, 2.75) is 77.9 Å². The van der Waals surface area contributed by atoms with Crippen LogP contribution in [-0.4, -0.2) is 36.5 Å². The molecule has 0 radical (unpaired) electrons. The van der Waals surface area contributed by atoms with Gasteiger partial charge in [0.05, 0.1) is 19.3 Å². The molecule has 4 rings (SSSR count). The van der Waals surface area contributed by atoms with Gasteiger partial charge in [-0.3, -0.25) is 0 Å². The minimum Gasteiger partial charge on any atom is -0.496 e. The van der Waals surface area contributed by atoms with Gasteiger partial charge in [-0.15, -0.1) is 0 Å². The van der Waals surface area contributed by atoms with Crippen LogP contribution in [0.4, 0.5) is 0 Å². The number of carbonyl (C=O) groups is 1. The Hall–Kier alpha value is -2.47. The molecule has 6 heteroatoms. The van der Waals surface area contributed by atoms with Crippen molar-refractivity contribution in [3.8, 4) is 17.2 Å². The van der Waals surface area contributed by atoms with E-state index < -0.39 is 11.6 Å². The minimum atomic E-state index is -0.924. The van der Waals surface area contributed by atoms with Gasteiger partial charge in [-0.1, -0.05) is 32.8 Å². The molecule has 2 atom stereocenters. The van der Waals surface area contributed by atoms with Crippen molar-refractivity contribution >= 4 is 11.5 Å². The number of methoxy groups -OCH3 is 1. The summed E-state index contributed by atoms with van der Waals surface area (Å²) >= 11 is 0. The Morgan fingerprint density at radius 3 is 2.67 bits per heavy atom. The van der Waals surface area contributed by atoms with Gasteiger partial charge >= 0.3 is 5.97 Å². The Bertz CT molecular complexity index is 965. The Balaban J connectivity index is 1.74. The molecule has 1 aromatic rings. The summed E-state index contributed by atoms with van der Waals surface area (Å²) in [6.07, 6.45) is 9.26. The maximum absolute atomic E-state index is 12.5. The summed E-state index contributed by atoms with van der Waals surface area (Å²) in [6.45, 7) is 8.24. The summed E-state index contributed by atoms with van der Waals surface area (Å²) in [7, 11) is 1.64. The molecule has 0 saturated heterocycles. The fourth-order valence-corrected chi connectivity index (χ4v) is 5.20. The van der Waals surface area contributed by atoms with Crippen LogP contribution in [0.5, 0.6) is 17.2 Å². The van der Waals surface area contributed by atoms with E-state index in [4.69, 9.17) is 18.9 Å². The average Bonchev–Trinajstić information content (AvgIpc) is 3.46. The van der Waals surface area contributed by atoms with E-state index in [1.54, 1.807) is 20.1 Å². The van der Waals surface area contributed by atoms with Crippen LogP contribution in [0.3, 0.4) is 0 Å². The van der Waals surface area contributed by atoms with Gasteiger partial charge in [-0.2, -0.15) is 0 Å². The number of esters is 1. The number of carbonyl (C=O) groups excluding carboxylic acids is 1. The first-order valence-corrected chi connectivity index (χ1v) is 12.2. The third kappa shape index (κ3) is 4.50. The Morgan fingerprint density at radius 1 is 1.30 bits per heavy atom. The molecule has 180 valence electrons. The van der Waals surface area contributed by atoms with Crippen molar-refractivity contribution in [2.24, 2.45) is 11.8 Å². The molecule has 6 nitrogen and oxygen atoms in total. The molecule has 2 unspecified atom stereocenters. The van der Waals surface area contributed by atoms with Crippen LogP contribution in [0.2, 0.25) is 0 Å². The monoisotopic (exact) mass is 456 g/mol. The molecule has 0 spiro atoms. The lowest BCUT2D eigenvalue weighted by Crippen LogP contribution is -2.47. The predicted octanol–water partition coefficient (Wildman–Crippen LogP) is 5.21. The molecular formula is C27H36O6. The van der Waals surface area contributed by atoms with E-state index in [1.807, 2.05) is 13.0 Å². The zero-order chi connectivity index (χ0) is 23.8. The molecule has 1 saturated carbocycles. The second kappa shape index (κ2) is 9.41. The number of ether oxygens (including phenoxy) is 4. The zero-order valence-corrected chi connectivity index (χ0v) is 20.4. The SMILES string of the molecule is CCOC(=O)C1=CC(=CCC(C)C)c2c(cc3c(c2OC)CC(C(C)(O)C2CCCC2)O3)O1. The molecular weight excluding hydrogens is 420 g/mol. The number of hydrogen-bond donors (Lipinski definition) is 1. The average molecular weight is 457 g/mol. The van der Waals surface area contributed by atoms with Gasteiger partial charge in [-0.05, 0) is 56.6 Å². The van der Waals surface area contributed by atoms with Crippen molar-refractivity contribution < 1.29 is 28.8 Å². The topological polar surface area (TPSA) is 74.2 Å². The highest BCUT2D eigenvalue weighted by molar-refractivity contribution is 5.95. The maximum atomic E-state index is 12.5. The van der Waals surface area contributed by atoms with Crippen molar-refractivity contribution in [1.29, 1.82) is 0 Å². The zero-order valence-electron chi connectivity index (χ0n) is 20.4. The number of rotatable bonds is 7. The highest BCUT2D eigenvalue weighted by Gasteiger charge is 2.46. The third-order valence-electron chi connectivity index (χ3n) is 7.08. The third-order valence-corrected chi connectivity index (χ3v) is 7.08. The highest BCUT2D eigenvalue weighted by atomic mass is 16.6. The van der Waals surface area contributed by atoms with Crippen LogP contribution in [0.25, 0.3) is 5.57 Å². The van der Waals surface area contributed by atoms with E-state index in [9.17, 15) is 9.90 Å². The first-order valence-electron chi connectivity index (χ1n) is 12.2. The van der Waals surface area contributed by atoms with Gasteiger partial charge < -0.3 is 24.1 Å². The highest BCUT2D eigenvalue weighted by Crippen LogP contribution is 2.51. The molecule has 1 aromatic carbocycles. The summed E-state index contributed by atoms with van der Waals surface area (Å²) in [6, 6.07) is 1.83. The Labute approximate surface area is 196 Å². The number of benzene rings is 1. The van der Waals surface area contributed by atoms with Crippen molar-refractivity contribution in [2.75, 3.05) is 13.7 Å². The van der Waals surface area contributed by atoms with E-state index in [0.717, 1.165) is 48.8 Å². The van der Waals surface area contributed by atoms with Gasteiger partial charge in [0.25, 0.3) is 0 Å². The number of hydrogen-bond acceptors (Lipinski definition) is 6. The fourth-order valence-electron chi connectivity index (χ4n) is 5.20. The molecule has 0 aromatic heterocycles. The van der Waals surface area contributed by atoms with E-state index in [2.05, 4.69) is 19.9 Å². The van der Waals surface area contributed by atoms with E-state index >= 15 is 0 Å². The molecule has 2 aliphatic heterocycles. The lowest BCUT2D eigenvalue weighted by molar-refractivity contribution is -0.141. The smallest absolute Gasteiger partial charge is 0.374 e. The molecule has 1 fully saturated rings. The lowest BCUT2D eigenvalue weighted by Gasteiger charge is -2.35. The number of allylic oxidation sites excluding steroid dienone is 3. The van der Waals surface area contributed by atoms with Gasteiger partial charge in [0.15, 0.2) is 0 Å². The van der Waals surface area contributed by atoms with Crippen molar-refractivity contribution in [3.63, 3.8) is 0 Å². The Morgan fingerprint density at radius 2 is 2.03 bits per heavy atom. The number of fused-ring (bicyclic) bond motifs is 2. The molecule has 1 N–H and O–H groups in total. The minimum absolute atomic E-state index is 0.147. The van der Waals surface area contributed by atoms with Gasteiger partial charge in [-0.25, -0.2) is 4.79 Å². The van der Waals surface area contributed by atoms with Gasteiger partial charge in [0.1, 0.15) is 29.0 Å². The van der Waals surface area contributed by atoms with Crippen LogP contribution in [-0.2, 0) is 16.0 Å². The molecule has 1 aliphatic carbocycles. The van der Waals surface area contributed by atoms with E-state index in [-0.39, 0.29) is 24.4 Å². The summed E-state index contributed by atoms with van der Waals surface area (Å²) in [5.74, 6) is 2.16. The fraction of sp³-hybridized carbons (Fsp3) is 0.593. The van der Waals surface area contributed by atoms with Crippen LogP contribution in [0.1, 0.15) is 70.9 Å². The lowest BCUT2D eigenvalue weighted by atomic mass is 9.81. The second-order valence-electron chi connectivity index (χ2n) is 9.90. The van der Waals surface area contributed by atoms with Gasteiger partial charge in [0, 0.05) is 18.1 Å². The van der Waals surface area contributed by atoms with E-state index in [0.29, 0.717) is 29.6 Å². The molecule has 3 aliphatic rings. The number of aliphatic hydroxyl groups is 1. The quantitative estimate of drug-likeness (QED) is 0.568. The summed E-state index contributed by atoms with van der Waals surface area (Å²) in [5, 5.41) is 11.4. The maximum Gasteiger partial charge on any atom is 0.374 e. The largest absolute Gasteiger partial charge is 0.496 e. The molecule has 2 heterocycles. The van der Waals surface area contributed by atoms with E-state index in [1.165, 1.54) is 0 Å². The summed E-state index contributed by atoms with van der Waals surface area (Å²) < 4.78 is 23.4. The van der Waals surface area contributed by atoms with Crippen LogP contribution in [0.15, 0.2) is 24.0 Å². The molecule has 33 heavy (non-hydrogen) atoms. The first kappa shape index (κ1) is 23.7. The molecule has 0 bridgehead atoms. The summed E-state index contributed by atoms with van der Waals surface area (Å²) in [5.41, 5.74) is 1.70. The second-order valence-corrected chi connectivity index (χ2v) is 9.90. The van der Waals surface area contributed by atoms with Crippen LogP contribution >= 0.6 is 0 Å².